The highest BCUT2D eigenvalue weighted by Gasteiger charge is 2.20. The van der Waals surface area contributed by atoms with Gasteiger partial charge in [-0.25, -0.2) is 5.48 Å². The zero-order valence-electron chi connectivity index (χ0n) is 8.50. The highest BCUT2D eigenvalue weighted by atomic mass is 127. The fraction of sp³-hybridized carbons (Fsp3) is 0.364. The average molecular weight is 396 g/mol. The van der Waals surface area contributed by atoms with Gasteiger partial charge in [-0.3, -0.25) is 9.63 Å². The van der Waals surface area contributed by atoms with Crippen molar-refractivity contribution < 1.29 is 9.63 Å². The highest BCUT2D eigenvalue weighted by Crippen LogP contribution is 2.24. The molecule has 0 saturated heterocycles. The van der Waals surface area contributed by atoms with Crippen molar-refractivity contribution >= 4 is 44.4 Å². The molecule has 1 aromatic carbocycles. The molecule has 0 aromatic heterocycles. The number of nitrogens with one attached hydrogen (secondary N) is 1. The van der Waals surface area contributed by atoms with Gasteiger partial charge in [-0.05, 0) is 69.9 Å². The predicted octanol–water partition coefficient (Wildman–Crippen LogP) is 3.27. The van der Waals surface area contributed by atoms with Gasteiger partial charge in [-0.15, -0.1) is 0 Å². The first-order valence-corrected chi connectivity index (χ1v) is 6.95. The number of hydrogen-bond donors (Lipinski definition) is 1. The summed E-state index contributed by atoms with van der Waals surface area (Å²) in [7, 11) is 0. The van der Waals surface area contributed by atoms with Crippen molar-refractivity contribution in [2.45, 2.75) is 25.4 Å². The molecule has 1 amide bonds. The monoisotopic (exact) mass is 395 g/mol. The number of carbonyl (C=O) groups is 1. The maximum absolute atomic E-state index is 11.8. The molecule has 5 heteroatoms. The molecule has 1 aliphatic rings. The third kappa shape index (κ3) is 2.75. The van der Waals surface area contributed by atoms with Crippen LogP contribution in [0.3, 0.4) is 0 Å². The van der Waals surface area contributed by atoms with Crippen LogP contribution in [-0.4, -0.2) is 12.0 Å². The van der Waals surface area contributed by atoms with Crippen molar-refractivity contribution in [2.75, 3.05) is 0 Å². The predicted molar refractivity (Wildman–Crippen MR) is 73.0 cm³/mol. The Kier molecular flexibility index (Phi) is 4.21. The Labute approximate surface area is 116 Å². The van der Waals surface area contributed by atoms with Crippen LogP contribution >= 0.6 is 38.5 Å². The molecule has 0 atom stereocenters. The summed E-state index contributed by atoms with van der Waals surface area (Å²) in [5.41, 5.74) is 3.10. The summed E-state index contributed by atoms with van der Waals surface area (Å²) >= 11 is 5.57. The van der Waals surface area contributed by atoms with Crippen molar-refractivity contribution in [3.8, 4) is 0 Å². The second-order valence-corrected chi connectivity index (χ2v) is 5.66. The van der Waals surface area contributed by atoms with Crippen LogP contribution in [0.25, 0.3) is 0 Å². The van der Waals surface area contributed by atoms with Gasteiger partial charge < -0.3 is 0 Å². The lowest BCUT2D eigenvalue weighted by molar-refractivity contribution is -0.0508. The van der Waals surface area contributed by atoms with Gasteiger partial charge in [-0.1, -0.05) is 6.07 Å². The minimum atomic E-state index is -0.197. The van der Waals surface area contributed by atoms with E-state index >= 15 is 0 Å². The number of rotatable bonds is 3. The van der Waals surface area contributed by atoms with Gasteiger partial charge in [0, 0.05) is 8.04 Å². The van der Waals surface area contributed by atoms with Crippen LogP contribution in [0.4, 0.5) is 0 Å². The molecule has 16 heavy (non-hydrogen) atoms. The molecule has 0 aliphatic heterocycles. The summed E-state index contributed by atoms with van der Waals surface area (Å²) in [5.74, 6) is -0.197. The van der Waals surface area contributed by atoms with E-state index in [2.05, 4.69) is 44.0 Å². The zero-order valence-corrected chi connectivity index (χ0v) is 12.2. The molecule has 86 valence electrons. The van der Waals surface area contributed by atoms with Gasteiger partial charge in [0.05, 0.1) is 11.7 Å². The van der Waals surface area contributed by atoms with Gasteiger partial charge in [0.25, 0.3) is 5.91 Å². The normalized spacial score (nSPS) is 15.6. The van der Waals surface area contributed by atoms with Crippen LogP contribution in [0.15, 0.2) is 22.7 Å². The van der Waals surface area contributed by atoms with E-state index in [-0.39, 0.29) is 12.0 Å². The van der Waals surface area contributed by atoms with E-state index in [1.165, 1.54) is 6.42 Å². The smallest absolute Gasteiger partial charge is 0.270 e. The molecule has 1 N–H and O–H groups in total. The second kappa shape index (κ2) is 5.46. The van der Waals surface area contributed by atoms with E-state index in [0.717, 1.165) is 20.9 Å². The molecule has 0 radical (unpaired) electrons. The molecule has 0 heterocycles. The first-order valence-electron chi connectivity index (χ1n) is 5.08. The molecule has 0 spiro atoms. The van der Waals surface area contributed by atoms with Crippen LogP contribution in [0.5, 0.6) is 0 Å². The maximum Gasteiger partial charge on any atom is 0.276 e. The van der Waals surface area contributed by atoms with Crippen LogP contribution in [0.1, 0.15) is 29.6 Å². The Morgan fingerprint density at radius 1 is 1.50 bits per heavy atom. The molecular weight excluding hydrogens is 385 g/mol. The second-order valence-electron chi connectivity index (χ2n) is 3.70. The topological polar surface area (TPSA) is 38.3 Å². The van der Waals surface area contributed by atoms with Gasteiger partial charge in [0.2, 0.25) is 0 Å². The van der Waals surface area contributed by atoms with Crippen LogP contribution in [-0.2, 0) is 4.84 Å². The lowest BCUT2D eigenvalue weighted by Gasteiger charge is -2.24. The van der Waals surface area contributed by atoms with E-state index in [1.54, 1.807) is 6.07 Å². The lowest BCUT2D eigenvalue weighted by Crippen LogP contribution is -2.33. The van der Waals surface area contributed by atoms with Crippen molar-refractivity contribution in [1.29, 1.82) is 0 Å². The fourth-order valence-corrected chi connectivity index (χ4v) is 2.30. The molecule has 1 saturated carbocycles. The summed E-state index contributed by atoms with van der Waals surface area (Å²) in [6.45, 7) is 0. The summed E-state index contributed by atoms with van der Waals surface area (Å²) in [6, 6.07) is 5.56. The standard InChI is InChI=1S/C11H11BrINO2/c12-10-8(5-2-6-9(10)13)11(15)14-16-7-3-1-4-7/h2,5-7H,1,3-4H2,(H,14,15). The minimum Gasteiger partial charge on any atom is -0.270 e. The molecule has 1 fully saturated rings. The SMILES string of the molecule is O=C(NOC1CCC1)c1cccc(I)c1Br. The summed E-state index contributed by atoms with van der Waals surface area (Å²) in [6.07, 6.45) is 3.46. The average Bonchev–Trinajstić information content (AvgIpc) is 2.19. The largest absolute Gasteiger partial charge is 0.276 e. The fourth-order valence-electron chi connectivity index (χ4n) is 1.36. The van der Waals surface area contributed by atoms with E-state index in [4.69, 9.17) is 4.84 Å². The van der Waals surface area contributed by atoms with E-state index in [9.17, 15) is 4.79 Å². The Bertz CT molecular complexity index is 407. The molecule has 3 nitrogen and oxygen atoms in total. The van der Waals surface area contributed by atoms with E-state index in [0.29, 0.717) is 5.56 Å². The minimum absolute atomic E-state index is 0.197. The number of amides is 1. The number of hydroxylamine groups is 1. The number of hydrogen-bond acceptors (Lipinski definition) is 2. The van der Waals surface area contributed by atoms with Crippen LogP contribution < -0.4 is 5.48 Å². The van der Waals surface area contributed by atoms with Gasteiger partial charge in [-0.2, -0.15) is 0 Å². The first kappa shape index (κ1) is 12.3. The Hall–Kier alpha value is -0.140. The molecule has 2 rings (SSSR count). The number of benzene rings is 1. The Balaban J connectivity index is 1.99. The van der Waals surface area contributed by atoms with Gasteiger partial charge in [0.1, 0.15) is 0 Å². The Morgan fingerprint density at radius 2 is 2.25 bits per heavy atom. The molecule has 0 unspecified atom stereocenters. The molecule has 1 aliphatic carbocycles. The summed E-state index contributed by atoms with van der Waals surface area (Å²) < 4.78 is 1.82. The van der Waals surface area contributed by atoms with Gasteiger partial charge >= 0.3 is 0 Å². The van der Waals surface area contributed by atoms with Crippen molar-refractivity contribution in [3.05, 3.63) is 31.8 Å². The molecule has 1 aromatic rings. The summed E-state index contributed by atoms with van der Waals surface area (Å²) in [5, 5.41) is 0. The quantitative estimate of drug-likeness (QED) is 0.630. The Morgan fingerprint density at radius 3 is 2.88 bits per heavy atom. The van der Waals surface area contributed by atoms with Crippen LogP contribution in [0.2, 0.25) is 0 Å². The van der Waals surface area contributed by atoms with Crippen molar-refractivity contribution in [3.63, 3.8) is 0 Å². The van der Waals surface area contributed by atoms with E-state index in [1.807, 2.05) is 12.1 Å². The first-order chi connectivity index (χ1) is 7.68. The van der Waals surface area contributed by atoms with Crippen molar-refractivity contribution in [2.24, 2.45) is 0 Å². The highest BCUT2D eigenvalue weighted by molar-refractivity contribution is 14.1. The van der Waals surface area contributed by atoms with Gasteiger partial charge in [0.15, 0.2) is 0 Å². The number of carbonyl (C=O) groups excluding carboxylic acids is 1. The molecule has 0 bridgehead atoms. The zero-order chi connectivity index (χ0) is 11.5. The van der Waals surface area contributed by atoms with Crippen molar-refractivity contribution in [1.82, 2.24) is 5.48 Å². The number of halogens is 2. The van der Waals surface area contributed by atoms with E-state index < -0.39 is 0 Å². The lowest BCUT2D eigenvalue weighted by atomic mass is 9.97. The third-order valence-corrected chi connectivity index (χ3v) is 5.06. The maximum atomic E-state index is 11.8. The summed E-state index contributed by atoms with van der Waals surface area (Å²) in [4.78, 5) is 17.1. The van der Waals surface area contributed by atoms with Crippen LogP contribution in [0, 0.1) is 3.57 Å². The third-order valence-electron chi connectivity index (χ3n) is 2.57. The molecular formula is C11H11BrINO2.